The van der Waals surface area contributed by atoms with Crippen LogP contribution in [-0.4, -0.2) is 42.8 Å². The highest BCUT2D eigenvalue weighted by molar-refractivity contribution is 6.01. The largest absolute Gasteiger partial charge is 0.352 e. The van der Waals surface area contributed by atoms with Gasteiger partial charge >= 0.3 is 0 Å². The first-order valence-corrected chi connectivity index (χ1v) is 12.1. The molecule has 7 heteroatoms. The van der Waals surface area contributed by atoms with E-state index in [1.807, 2.05) is 13.8 Å². The summed E-state index contributed by atoms with van der Waals surface area (Å²) in [5.41, 5.74) is 12.0. The highest BCUT2D eigenvalue weighted by Crippen LogP contribution is 2.27. The summed E-state index contributed by atoms with van der Waals surface area (Å²) in [5.74, 6) is -0.622. The van der Waals surface area contributed by atoms with Crippen LogP contribution in [0.3, 0.4) is 0 Å². The van der Waals surface area contributed by atoms with Crippen LogP contribution < -0.4 is 22.1 Å². The fraction of sp³-hybridized carbons (Fsp3) is 0.667. The lowest BCUT2D eigenvalue weighted by atomic mass is 9.79. The van der Waals surface area contributed by atoms with Crippen molar-refractivity contribution in [2.45, 2.75) is 92.7 Å². The van der Waals surface area contributed by atoms with E-state index in [0.717, 1.165) is 12.8 Å². The summed E-state index contributed by atoms with van der Waals surface area (Å²) < 4.78 is 0. The van der Waals surface area contributed by atoms with Crippen LogP contribution in [0, 0.1) is 10.8 Å². The van der Waals surface area contributed by atoms with Gasteiger partial charge < -0.3 is 22.1 Å². The Morgan fingerprint density at radius 3 is 1.41 bits per heavy atom. The minimum atomic E-state index is -0.839. The molecule has 2 unspecified atom stereocenters. The Hall–Kier alpha value is -2.25. The van der Waals surface area contributed by atoms with E-state index >= 15 is 0 Å². The molecule has 6 N–H and O–H groups in total. The van der Waals surface area contributed by atoms with Crippen molar-refractivity contribution in [2.75, 3.05) is 13.1 Å². The number of ketones is 1. The van der Waals surface area contributed by atoms with E-state index in [-0.39, 0.29) is 40.5 Å². The molecule has 0 radical (unpaired) electrons. The van der Waals surface area contributed by atoms with Crippen LogP contribution in [0.1, 0.15) is 101 Å². The lowest BCUT2D eigenvalue weighted by Gasteiger charge is -2.28. The third-order valence-electron chi connectivity index (χ3n) is 6.26. The molecule has 34 heavy (non-hydrogen) atoms. The molecule has 0 aliphatic rings. The Labute approximate surface area is 205 Å². The Balaban J connectivity index is 3.23. The number of carbonyl (C=O) groups is 3. The van der Waals surface area contributed by atoms with Crippen molar-refractivity contribution in [2.24, 2.45) is 22.3 Å². The Morgan fingerprint density at radius 1 is 0.765 bits per heavy atom. The lowest BCUT2D eigenvalue weighted by molar-refractivity contribution is -0.121. The molecule has 0 aliphatic heterocycles. The molecular formula is C27H46N4O3. The summed E-state index contributed by atoms with van der Waals surface area (Å²) in [6.07, 6.45) is 1.52. The fourth-order valence-corrected chi connectivity index (χ4v) is 4.18. The molecular weight excluding hydrogens is 428 g/mol. The van der Waals surface area contributed by atoms with Crippen molar-refractivity contribution in [1.29, 1.82) is 0 Å². The SMILES string of the molecule is CC(=O)C(C)(C)c1cc(C(=O)NCC(C)(C)CC(C)N)cc(C(=O)NCC(C)(C)CC(C)N)c1. The Bertz CT molecular complexity index is 830. The Kier molecular flexibility index (Phi) is 10.0. The van der Waals surface area contributed by atoms with Gasteiger partial charge in [0.05, 0.1) is 0 Å². The number of rotatable bonds is 12. The zero-order valence-electron chi connectivity index (χ0n) is 22.6. The van der Waals surface area contributed by atoms with Gasteiger partial charge in [-0.1, -0.05) is 27.7 Å². The van der Waals surface area contributed by atoms with Gasteiger partial charge in [0.25, 0.3) is 11.8 Å². The number of hydrogen-bond donors (Lipinski definition) is 4. The summed E-state index contributed by atoms with van der Waals surface area (Å²) in [6.45, 7) is 18.1. The summed E-state index contributed by atoms with van der Waals surface area (Å²) in [6, 6.07) is 5.03. The zero-order valence-corrected chi connectivity index (χ0v) is 22.6. The van der Waals surface area contributed by atoms with Crippen LogP contribution in [0.25, 0.3) is 0 Å². The van der Waals surface area contributed by atoms with Crippen LogP contribution in [-0.2, 0) is 10.2 Å². The van der Waals surface area contributed by atoms with Crippen molar-refractivity contribution >= 4 is 17.6 Å². The van der Waals surface area contributed by atoms with Crippen molar-refractivity contribution in [3.8, 4) is 0 Å². The molecule has 0 saturated heterocycles. The molecule has 2 amide bonds. The second kappa shape index (κ2) is 11.5. The predicted molar refractivity (Wildman–Crippen MR) is 139 cm³/mol. The maximum Gasteiger partial charge on any atom is 0.251 e. The van der Waals surface area contributed by atoms with Gasteiger partial charge in [-0.2, -0.15) is 0 Å². The zero-order chi connectivity index (χ0) is 26.5. The average molecular weight is 475 g/mol. The molecule has 1 aromatic rings. The number of nitrogens with two attached hydrogens (primary N) is 2. The molecule has 192 valence electrons. The predicted octanol–water partition coefficient (Wildman–Crippen LogP) is 3.54. The van der Waals surface area contributed by atoms with Crippen LogP contribution in [0.2, 0.25) is 0 Å². The lowest BCUT2D eigenvalue weighted by Crippen LogP contribution is -2.38. The van der Waals surface area contributed by atoms with Gasteiger partial charge in [0.2, 0.25) is 0 Å². The van der Waals surface area contributed by atoms with E-state index in [2.05, 4.69) is 38.3 Å². The number of carbonyl (C=O) groups excluding carboxylic acids is 3. The summed E-state index contributed by atoms with van der Waals surface area (Å²) in [4.78, 5) is 38.5. The summed E-state index contributed by atoms with van der Waals surface area (Å²) in [5, 5.41) is 5.94. The summed E-state index contributed by atoms with van der Waals surface area (Å²) in [7, 11) is 0. The summed E-state index contributed by atoms with van der Waals surface area (Å²) >= 11 is 0. The number of hydrogen-bond acceptors (Lipinski definition) is 5. The maximum atomic E-state index is 13.1. The first-order chi connectivity index (χ1) is 15.4. The Morgan fingerprint density at radius 2 is 1.12 bits per heavy atom. The van der Waals surface area contributed by atoms with Gasteiger partial charge in [0.1, 0.15) is 5.78 Å². The molecule has 1 aromatic carbocycles. The van der Waals surface area contributed by atoms with Gasteiger partial charge in [-0.05, 0) is 82.1 Å². The molecule has 0 bridgehead atoms. The van der Waals surface area contributed by atoms with E-state index in [4.69, 9.17) is 11.5 Å². The van der Waals surface area contributed by atoms with Gasteiger partial charge in [-0.3, -0.25) is 14.4 Å². The van der Waals surface area contributed by atoms with Crippen LogP contribution in [0.15, 0.2) is 18.2 Å². The third kappa shape index (κ3) is 9.18. The molecule has 2 atom stereocenters. The van der Waals surface area contributed by atoms with E-state index in [1.165, 1.54) is 6.92 Å². The fourth-order valence-electron chi connectivity index (χ4n) is 4.18. The molecule has 0 heterocycles. The van der Waals surface area contributed by atoms with Crippen molar-refractivity contribution < 1.29 is 14.4 Å². The molecule has 0 spiro atoms. The first kappa shape index (κ1) is 29.8. The number of benzene rings is 1. The van der Waals surface area contributed by atoms with E-state index in [9.17, 15) is 14.4 Å². The quantitative estimate of drug-likeness (QED) is 0.368. The van der Waals surface area contributed by atoms with Crippen molar-refractivity contribution in [1.82, 2.24) is 10.6 Å². The van der Waals surface area contributed by atoms with E-state index < -0.39 is 5.41 Å². The van der Waals surface area contributed by atoms with Gasteiger partial charge in [-0.25, -0.2) is 0 Å². The van der Waals surface area contributed by atoms with Gasteiger partial charge in [-0.15, -0.1) is 0 Å². The van der Waals surface area contributed by atoms with Crippen LogP contribution in [0.5, 0.6) is 0 Å². The molecule has 1 rings (SSSR count). The first-order valence-electron chi connectivity index (χ1n) is 12.1. The molecule has 7 nitrogen and oxygen atoms in total. The number of amides is 2. The van der Waals surface area contributed by atoms with Crippen LogP contribution in [0.4, 0.5) is 0 Å². The maximum absolute atomic E-state index is 13.1. The monoisotopic (exact) mass is 474 g/mol. The van der Waals surface area contributed by atoms with Gasteiger partial charge in [0.15, 0.2) is 0 Å². The van der Waals surface area contributed by atoms with Crippen LogP contribution >= 0.6 is 0 Å². The highest BCUT2D eigenvalue weighted by atomic mass is 16.2. The number of Topliss-reactive ketones (excluding diaryl/α,β-unsaturated/α-hetero) is 1. The molecule has 0 fully saturated rings. The number of nitrogens with one attached hydrogen (secondary N) is 2. The van der Waals surface area contributed by atoms with Crippen molar-refractivity contribution in [3.05, 3.63) is 34.9 Å². The van der Waals surface area contributed by atoms with E-state index in [1.54, 1.807) is 32.0 Å². The minimum Gasteiger partial charge on any atom is -0.352 e. The third-order valence-corrected chi connectivity index (χ3v) is 6.26. The minimum absolute atomic E-state index is 0.0217. The molecule has 0 aromatic heterocycles. The normalized spacial score (nSPS) is 14.3. The second-order valence-corrected chi connectivity index (χ2v) is 12.0. The smallest absolute Gasteiger partial charge is 0.251 e. The molecule has 0 saturated carbocycles. The van der Waals surface area contributed by atoms with Gasteiger partial charge in [0, 0.05) is 41.7 Å². The molecule has 0 aliphatic carbocycles. The average Bonchev–Trinajstić information content (AvgIpc) is 2.67. The van der Waals surface area contributed by atoms with E-state index in [0.29, 0.717) is 29.8 Å². The topological polar surface area (TPSA) is 127 Å². The standard InChI is InChI=1S/C27H46N4O3/c1-17(28)13-25(4,5)15-30-23(33)20-10-21(12-22(11-20)27(8,9)19(3)32)24(34)31-16-26(6,7)14-18(2)29/h10-12,17-18H,13-16,28-29H2,1-9H3,(H,30,33)(H,31,34). The highest BCUT2D eigenvalue weighted by Gasteiger charge is 2.29. The second-order valence-electron chi connectivity index (χ2n) is 12.0. The van der Waals surface area contributed by atoms with Crippen molar-refractivity contribution in [3.63, 3.8) is 0 Å².